The van der Waals surface area contributed by atoms with Crippen LogP contribution >= 0.6 is 22.6 Å². The highest BCUT2D eigenvalue weighted by Gasteiger charge is 2.24. The van der Waals surface area contributed by atoms with Gasteiger partial charge < -0.3 is 9.47 Å². The molecule has 1 aliphatic rings. The van der Waals surface area contributed by atoms with Crippen LogP contribution in [0.4, 0.5) is 0 Å². The van der Waals surface area contributed by atoms with Gasteiger partial charge in [0.05, 0.1) is 12.2 Å². The standard InChI is InChI=1S/C10H9IO3/c11-8-3-1-7(2-4-8)10(12)14-6-9-5-13-9/h1-4,9H,5-6H2. The Morgan fingerprint density at radius 2 is 2.14 bits per heavy atom. The highest BCUT2D eigenvalue weighted by atomic mass is 127. The number of rotatable bonds is 3. The molecule has 0 aliphatic carbocycles. The second-order valence-electron chi connectivity index (χ2n) is 3.06. The van der Waals surface area contributed by atoms with Gasteiger partial charge in [0.25, 0.3) is 0 Å². The largest absolute Gasteiger partial charge is 0.459 e. The summed E-state index contributed by atoms with van der Waals surface area (Å²) in [5.41, 5.74) is 0.589. The second kappa shape index (κ2) is 4.27. The van der Waals surface area contributed by atoms with E-state index in [4.69, 9.17) is 9.47 Å². The van der Waals surface area contributed by atoms with Crippen molar-refractivity contribution in [2.45, 2.75) is 6.10 Å². The first-order valence-electron chi connectivity index (χ1n) is 4.30. The minimum absolute atomic E-state index is 0.128. The third kappa shape index (κ3) is 2.68. The number of esters is 1. The molecule has 0 saturated carbocycles. The third-order valence-corrected chi connectivity index (χ3v) is 2.60. The van der Waals surface area contributed by atoms with Crippen molar-refractivity contribution < 1.29 is 14.3 Å². The lowest BCUT2D eigenvalue weighted by molar-refractivity contribution is 0.0476. The molecule has 1 aliphatic heterocycles. The molecule has 0 N–H and O–H groups in total. The van der Waals surface area contributed by atoms with Crippen LogP contribution in [0, 0.1) is 3.57 Å². The van der Waals surface area contributed by atoms with E-state index >= 15 is 0 Å². The monoisotopic (exact) mass is 304 g/mol. The Bertz CT molecular complexity index is 330. The molecule has 0 radical (unpaired) electrons. The van der Waals surface area contributed by atoms with E-state index in [9.17, 15) is 4.79 Å². The van der Waals surface area contributed by atoms with Crippen molar-refractivity contribution in [2.75, 3.05) is 13.2 Å². The topological polar surface area (TPSA) is 38.8 Å². The zero-order valence-corrected chi connectivity index (χ0v) is 9.56. The summed E-state index contributed by atoms with van der Waals surface area (Å²) < 4.78 is 11.1. The summed E-state index contributed by atoms with van der Waals surface area (Å²) in [5.74, 6) is -0.281. The SMILES string of the molecule is O=C(OCC1CO1)c1ccc(I)cc1. The fraction of sp³-hybridized carbons (Fsp3) is 0.300. The molecule has 4 heteroatoms. The van der Waals surface area contributed by atoms with Crippen LogP contribution in [0.2, 0.25) is 0 Å². The van der Waals surface area contributed by atoms with E-state index in [2.05, 4.69) is 22.6 Å². The number of ether oxygens (including phenoxy) is 2. The highest BCUT2D eigenvalue weighted by Crippen LogP contribution is 2.11. The lowest BCUT2D eigenvalue weighted by Crippen LogP contribution is -2.09. The maximum absolute atomic E-state index is 11.4. The minimum atomic E-state index is -0.281. The van der Waals surface area contributed by atoms with Crippen molar-refractivity contribution in [3.8, 4) is 0 Å². The van der Waals surface area contributed by atoms with E-state index in [0.29, 0.717) is 18.8 Å². The quantitative estimate of drug-likeness (QED) is 0.486. The molecule has 0 aromatic heterocycles. The van der Waals surface area contributed by atoms with Crippen LogP contribution in [0.15, 0.2) is 24.3 Å². The van der Waals surface area contributed by atoms with Gasteiger partial charge in [0, 0.05) is 3.57 Å². The Hall–Kier alpha value is -0.620. The average molecular weight is 304 g/mol. The van der Waals surface area contributed by atoms with E-state index in [1.165, 1.54) is 0 Å². The normalized spacial score (nSPS) is 19.1. The fourth-order valence-corrected chi connectivity index (χ4v) is 1.36. The van der Waals surface area contributed by atoms with Gasteiger partial charge in [-0.3, -0.25) is 0 Å². The summed E-state index contributed by atoms with van der Waals surface area (Å²) >= 11 is 2.19. The predicted octanol–water partition coefficient (Wildman–Crippen LogP) is 1.85. The maximum atomic E-state index is 11.4. The first-order chi connectivity index (χ1) is 6.75. The zero-order chi connectivity index (χ0) is 9.97. The molecule has 0 amide bonds. The van der Waals surface area contributed by atoms with Crippen molar-refractivity contribution in [3.05, 3.63) is 33.4 Å². The van der Waals surface area contributed by atoms with Crippen molar-refractivity contribution in [1.82, 2.24) is 0 Å². The van der Waals surface area contributed by atoms with Gasteiger partial charge in [0.15, 0.2) is 0 Å². The number of halogens is 1. The smallest absolute Gasteiger partial charge is 0.338 e. The Kier molecular flexibility index (Phi) is 3.02. The number of hydrogen-bond acceptors (Lipinski definition) is 3. The lowest BCUT2D eigenvalue weighted by Gasteiger charge is -2.02. The molecule has 1 aromatic rings. The molecule has 0 spiro atoms. The summed E-state index contributed by atoms with van der Waals surface area (Å²) in [6.45, 7) is 1.07. The first-order valence-corrected chi connectivity index (χ1v) is 5.38. The Morgan fingerprint density at radius 1 is 1.50 bits per heavy atom. The van der Waals surface area contributed by atoms with E-state index in [0.717, 1.165) is 3.57 Å². The Morgan fingerprint density at radius 3 is 2.71 bits per heavy atom. The molecule has 0 bridgehead atoms. The van der Waals surface area contributed by atoms with Crippen LogP contribution in [-0.2, 0) is 9.47 Å². The van der Waals surface area contributed by atoms with Gasteiger partial charge in [0.2, 0.25) is 0 Å². The van der Waals surface area contributed by atoms with Crippen molar-refractivity contribution >= 4 is 28.6 Å². The van der Waals surface area contributed by atoms with E-state index in [1.54, 1.807) is 12.1 Å². The van der Waals surface area contributed by atoms with Gasteiger partial charge >= 0.3 is 5.97 Å². The van der Waals surface area contributed by atoms with Crippen LogP contribution in [0.3, 0.4) is 0 Å². The highest BCUT2D eigenvalue weighted by molar-refractivity contribution is 14.1. The lowest BCUT2D eigenvalue weighted by atomic mass is 10.2. The van der Waals surface area contributed by atoms with Gasteiger partial charge in [-0.05, 0) is 46.9 Å². The molecular formula is C10H9IO3. The average Bonchev–Trinajstić information content (AvgIpc) is 2.99. The first kappa shape index (κ1) is 9.92. The third-order valence-electron chi connectivity index (χ3n) is 1.88. The van der Waals surface area contributed by atoms with Crippen molar-refractivity contribution in [1.29, 1.82) is 0 Å². The molecule has 1 unspecified atom stereocenters. The number of epoxide rings is 1. The van der Waals surface area contributed by atoms with Gasteiger partial charge in [-0.15, -0.1) is 0 Å². The van der Waals surface area contributed by atoms with Crippen LogP contribution in [0.5, 0.6) is 0 Å². The van der Waals surface area contributed by atoms with Crippen LogP contribution in [0.1, 0.15) is 10.4 Å². The van der Waals surface area contributed by atoms with E-state index in [-0.39, 0.29) is 12.1 Å². The van der Waals surface area contributed by atoms with E-state index in [1.807, 2.05) is 12.1 Å². The van der Waals surface area contributed by atoms with E-state index < -0.39 is 0 Å². The molecule has 1 fully saturated rings. The number of benzene rings is 1. The number of hydrogen-bond donors (Lipinski definition) is 0. The molecule has 1 heterocycles. The molecular weight excluding hydrogens is 295 g/mol. The second-order valence-corrected chi connectivity index (χ2v) is 4.31. The molecule has 3 nitrogen and oxygen atoms in total. The Balaban J connectivity index is 1.92. The summed E-state index contributed by atoms with van der Waals surface area (Å²) in [6.07, 6.45) is 0.128. The Labute approximate surface area is 95.5 Å². The molecule has 14 heavy (non-hydrogen) atoms. The number of carbonyl (C=O) groups is 1. The summed E-state index contributed by atoms with van der Waals surface area (Å²) in [6, 6.07) is 7.28. The number of carbonyl (C=O) groups excluding carboxylic acids is 1. The molecule has 1 atom stereocenters. The van der Waals surface area contributed by atoms with Crippen molar-refractivity contribution in [3.63, 3.8) is 0 Å². The van der Waals surface area contributed by atoms with Gasteiger partial charge in [0.1, 0.15) is 12.7 Å². The van der Waals surface area contributed by atoms with Crippen LogP contribution < -0.4 is 0 Å². The predicted molar refractivity (Wildman–Crippen MR) is 59.2 cm³/mol. The van der Waals surface area contributed by atoms with Crippen LogP contribution in [-0.4, -0.2) is 25.3 Å². The van der Waals surface area contributed by atoms with Gasteiger partial charge in [-0.1, -0.05) is 0 Å². The fourth-order valence-electron chi connectivity index (χ4n) is 1.00. The summed E-state index contributed by atoms with van der Waals surface area (Å²) in [7, 11) is 0. The van der Waals surface area contributed by atoms with Crippen LogP contribution in [0.25, 0.3) is 0 Å². The zero-order valence-electron chi connectivity index (χ0n) is 7.40. The summed E-state index contributed by atoms with van der Waals surface area (Å²) in [4.78, 5) is 11.4. The molecule has 1 saturated heterocycles. The minimum Gasteiger partial charge on any atom is -0.459 e. The van der Waals surface area contributed by atoms with Crippen molar-refractivity contribution in [2.24, 2.45) is 0 Å². The molecule has 2 rings (SSSR count). The maximum Gasteiger partial charge on any atom is 0.338 e. The van der Waals surface area contributed by atoms with Gasteiger partial charge in [-0.25, -0.2) is 4.79 Å². The van der Waals surface area contributed by atoms with Gasteiger partial charge in [-0.2, -0.15) is 0 Å². The summed E-state index contributed by atoms with van der Waals surface area (Å²) in [5, 5.41) is 0. The molecule has 74 valence electrons. The molecule has 1 aromatic carbocycles.